The maximum absolute atomic E-state index is 13.4. The molecule has 2 aromatic rings. The number of nitrogens with one attached hydrogen (secondary N) is 1. The molecule has 27 heavy (non-hydrogen) atoms. The Morgan fingerprint density at radius 1 is 1.15 bits per heavy atom. The summed E-state index contributed by atoms with van der Waals surface area (Å²) >= 11 is 0. The van der Waals surface area contributed by atoms with Gasteiger partial charge in [-0.2, -0.15) is 0 Å². The van der Waals surface area contributed by atoms with E-state index in [1.165, 1.54) is 0 Å². The van der Waals surface area contributed by atoms with E-state index < -0.39 is 5.92 Å². The fraction of sp³-hybridized carbons (Fsp3) is 0.579. The van der Waals surface area contributed by atoms with E-state index in [1.807, 2.05) is 25.1 Å². The summed E-state index contributed by atoms with van der Waals surface area (Å²) in [4.78, 5) is 11.4. The molecule has 1 saturated carbocycles. The Hall–Kier alpha value is -2.22. The van der Waals surface area contributed by atoms with Crippen molar-refractivity contribution in [2.24, 2.45) is 0 Å². The lowest BCUT2D eigenvalue weighted by atomic mass is 9.92. The molecule has 0 spiro atoms. The molecule has 2 fully saturated rings. The van der Waals surface area contributed by atoms with E-state index in [4.69, 9.17) is 9.15 Å². The van der Waals surface area contributed by atoms with Gasteiger partial charge in [0.25, 0.3) is 0 Å². The zero-order valence-corrected chi connectivity index (χ0v) is 15.4. The summed E-state index contributed by atoms with van der Waals surface area (Å²) in [7, 11) is 0. The van der Waals surface area contributed by atoms with Gasteiger partial charge in [0, 0.05) is 38.0 Å². The van der Waals surface area contributed by atoms with Gasteiger partial charge in [-0.15, -0.1) is 0 Å². The highest BCUT2D eigenvalue weighted by Gasteiger charge is 2.35. The van der Waals surface area contributed by atoms with Crippen molar-refractivity contribution in [3.63, 3.8) is 0 Å². The number of ether oxygens (including phenoxy) is 1. The molecule has 146 valence electrons. The lowest BCUT2D eigenvalue weighted by molar-refractivity contribution is -0.0361. The van der Waals surface area contributed by atoms with Gasteiger partial charge in [-0.3, -0.25) is 0 Å². The molecule has 6 nitrogen and oxygen atoms in total. The van der Waals surface area contributed by atoms with Crippen LogP contribution in [0.4, 0.5) is 20.4 Å². The van der Waals surface area contributed by atoms with Gasteiger partial charge in [0.1, 0.15) is 17.4 Å². The first kappa shape index (κ1) is 18.2. The number of morpholine rings is 1. The maximum atomic E-state index is 13.4. The molecule has 4 rings (SSSR count). The largest absolute Gasteiger partial charge is 0.458 e. The normalized spacial score (nSPS) is 20.6. The van der Waals surface area contributed by atoms with E-state index in [2.05, 4.69) is 20.2 Å². The number of alkyl halides is 2. The minimum atomic E-state index is -2.54. The van der Waals surface area contributed by atoms with Crippen molar-refractivity contribution in [3.05, 3.63) is 24.0 Å². The lowest BCUT2D eigenvalue weighted by Crippen LogP contribution is -2.37. The van der Waals surface area contributed by atoms with Crippen LogP contribution in [0.2, 0.25) is 0 Å². The summed E-state index contributed by atoms with van der Waals surface area (Å²) in [6.45, 7) is 4.68. The highest BCUT2D eigenvalue weighted by molar-refractivity contribution is 5.58. The quantitative estimate of drug-likeness (QED) is 0.871. The Morgan fingerprint density at radius 2 is 1.89 bits per heavy atom. The maximum Gasteiger partial charge on any atom is 0.248 e. The van der Waals surface area contributed by atoms with Crippen LogP contribution in [0.1, 0.15) is 31.4 Å². The molecular formula is C19H24F2N4O2. The van der Waals surface area contributed by atoms with Crippen molar-refractivity contribution < 1.29 is 17.9 Å². The topological polar surface area (TPSA) is 63.4 Å². The van der Waals surface area contributed by atoms with E-state index in [-0.39, 0.29) is 18.9 Å². The molecule has 2 aromatic heterocycles. The molecular weight excluding hydrogens is 354 g/mol. The van der Waals surface area contributed by atoms with Gasteiger partial charge in [0.15, 0.2) is 11.6 Å². The monoisotopic (exact) mass is 378 g/mol. The third-order valence-corrected chi connectivity index (χ3v) is 5.08. The molecule has 1 N–H and O–H groups in total. The summed E-state index contributed by atoms with van der Waals surface area (Å²) in [6, 6.07) is 5.59. The van der Waals surface area contributed by atoms with Gasteiger partial charge in [-0.25, -0.2) is 18.7 Å². The van der Waals surface area contributed by atoms with Crippen molar-refractivity contribution in [1.29, 1.82) is 0 Å². The average Bonchev–Trinajstić information content (AvgIpc) is 3.10. The molecule has 1 aliphatic heterocycles. The molecule has 0 radical (unpaired) electrons. The fourth-order valence-corrected chi connectivity index (χ4v) is 3.52. The van der Waals surface area contributed by atoms with E-state index in [9.17, 15) is 8.78 Å². The Balaban J connectivity index is 1.59. The third kappa shape index (κ3) is 4.37. The summed E-state index contributed by atoms with van der Waals surface area (Å²) in [6.07, 6.45) is 0.685. The summed E-state index contributed by atoms with van der Waals surface area (Å²) in [5.41, 5.74) is 0. The third-order valence-electron chi connectivity index (χ3n) is 5.08. The summed E-state index contributed by atoms with van der Waals surface area (Å²) in [5.74, 6) is 0.775. The summed E-state index contributed by atoms with van der Waals surface area (Å²) < 4.78 is 38.0. The van der Waals surface area contributed by atoms with Gasteiger partial charge < -0.3 is 19.4 Å². The fourth-order valence-electron chi connectivity index (χ4n) is 3.52. The van der Waals surface area contributed by atoms with Crippen LogP contribution in [0, 0.1) is 6.92 Å². The van der Waals surface area contributed by atoms with Crippen LogP contribution in [-0.4, -0.2) is 48.2 Å². The molecule has 0 amide bonds. The molecule has 0 unspecified atom stereocenters. The first-order valence-corrected chi connectivity index (χ1v) is 9.41. The molecule has 0 aromatic carbocycles. The predicted octanol–water partition coefficient (Wildman–Crippen LogP) is 3.87. The molecule has 0 atom stereocenters. The molecule has 3 heterocycles. The highest BCUT2D eigenvalue weighted by Crippen LogP contribution is 2.34. The van der Waals surface area contributed by atoms with Crippen molar-refractivity contribution in [2.45, 2.75) is 44.6 Å². The number of furan rings is 1. The van der Waals surface area contributed by atoms with E-state index in [1.54, 1.807) is 0 Å². The SMILES string of the molecule is Cc1ccc(-c2nc(NC3CCC(F)(F)CC3)cc(N3CCOCC3)n2)o1. The minimum Gasteiger partial charge on any atom is -0.458 e. The number of hydrogen-bond donors (Lipinski definition) is 1. The molecule has 1 saturated heterocycles. The second kappa shape index (κ2) is 7.42. The van der Waals surface area contributed by atoms with Gasteiger partial charge in [0.2, 0.25) is 5.92 Å². The van der Waals surface area contributed by atoms with Crippen LogP contribution in [0.5, 0.6) is 0 Å². The molecule has 8 heteroatoms. The predicted molar refractivity (Wildman–Crippen MR) is 98.3 cm³/mol. The first-order valence-electron chi connectivity index (χ1n) is 9.41. The number of aromatic nitrogens is 2. The molecule has 1 aliphatic carbocycles. The summed E-state index contributed by atoms with van der Waals surface area (Å²) in [5, 5.41) is 3.33. The Morgan fingerprint density at radius 3 is 2.56 bits per heavy atom. The van der Waals surface area contributed by atoms with E-state index >= 15 is 0 Å². The van der Waals surface area contributed by atoms with Crippen LogP contribution in [-0.2, 0) is 4.74 Å². The van der Waals surface area contributed by atoms with Gasteiger partial charge in [-0.05, 0) is 31.9 Å². The zero-order valence-electron chi connectivity index (χ0n) is 15.4. The molecule has 2 aliphatic rings. The Bertz CT molecular complexity index is 780. The lowest BCUT2D eigenvalue weighted by Gasteiger charge is -2.30. The average molecular weight is 378 g/mol. The highest BCUT2D eigenvalue weighted by atomic mass is 19.3. The second-order valence-corrected chi connectivity index (χ2v) is 7.22. The van der Waals surface area contributed by atoms with Crippen LogP contribution in [0.25, 0.3) is 11.6 Å². The number of anilines is 2. The van der Waals surface area contributed by atoms with Crippen molar-refractivity contribution >= 4 is 11.6 Å². The number of halogens is 2. The van der Waals surface area contributed by atoms with Crippen LogP contribution >= 0.6 is 0 Å². The number of hydrogen-bond acceptors (Lipinski definition) is 6. The van der Waals surface area contributed by atoms with Crippen LogP contribution in [0.3, 0.4) is 0 Å². The molecule has 0 bridgehead atoms. The van der Waals surface area contributed by atoms with Gasteiger partial charge in [0.05, 0.1) is 13.2 Å². The standard InChI is InChI=1S/C19H24F2N4O2/c1-13-2-3-15(27-13)18-23-16(22-14-4-6-19(20,21)7-5-14)12-17(24-18)25-8-10-26-11-9-25/h2-3,12,14H,4-11H2,1H3,(H,22,23,24). The first-order chi connectivity index (χ1) is 13.0. The number of nitrogens with zero attached hydrogens (tertiary/aromatic N) is 3. The Kier molecular flexibility index (Phi) is 4.99. The van der Waals surface area contributed by atoms with Gasteiger partial charge in [-0.1, -0.05) is 0 Å². The van der Waals surface area contributed by atoms with Crippen molar-refractivity contribution in [3.8, 4) is 11.6 Å². The van der Waals surface area contributed by atoms with E-state index in [0.717, 1.165) is 24.7 Å². The van der Waals surface area contributed by atoms with Crippen molar-refractivity contribution in [2.75, 3.05) is 36.5 Å². The number of rotatable bonds is 4. The number of aryl methyl sites for hydroxylation is 1. The smallest absolute Gasteiger partial charge is 0.248 e. The van der Waals surface area contributed by atoms with Crippen LogP contribution < -0.4 is 10.2 Å². The van der Waals surface area contributed by atoms with Crippen molar-refractivity contribution in [1.82, 2.24) is 9.97 Å². The van der Waals surface area contributed by atoms with Crippen LogP contribution in [0.15, 0.2) is 22.6 Å². The Labute approximate surface area is 156 Å². The van der Waals surface area contributed by atoms with Gasteiger partial charge >= 0.3 is 0 Å². The zero-order chi connectivity index (χ0) is 18.9. The second-order valence-electron chi connectivity index (χ2n) is 7.22. The minimum absolute atomic E-state index is 0.0109. The van der Waals surface area contributed by atoms with E-state index in [0.29, 0.717) is 43.5 Å².